The Labute approximate surface area is 93.5 Å². The Morgan fingerprint density at radius 3 is 2.50 bits per heavy atom. The Morgan fingerprint density at radius 2 is 1.88 bits per heavy atom. The van der Waals surface area contributed by atoms with Crippen molar-refractivity contribution in [1.29, 1.82) is 0 Å². The average Bonchev–Trinajstić information content (AvgIpc) is 2.29. The molecule has 0 aliphatic rings. The highest BCUT2D eigenvalue weighted by Crippen LogP contribution is 2.21. The maximum absolute atomic E-state index is 11.0. The summed E-state index contributed by atoms with van der Waals surface area (Å²) < 4.78 is 0. The Morgan fingerprint density at radius 1 is 1.19 bits per heavy atom. The molecule has 82 valence electrons. The number of hydrogen-bond donors (Lipinski definition) is 2. The van der Waals surface area contributed by atoms with Crippen molar-refractivity contribution < 1.29 is 9.90 Å². The second kappa shape index (κ2) is 4.33. The first kappa shape index (κ1) is 10.6. The van der Waals surface area contributed by atoms with E-state index in [0.717, 1.165) is 16.3 Å². The van der Waals surface area contributed by atoms with E-state index in [-0.39, 0.29) is 6.54 Å². The van der Waals surface area contributed by atoms with E-state index in [1.807, 2.05) is 42.5 Å². The minimum absolute atomic E-state index is 0.119. The summed E-state index contributed by atoms with van der Waals surface area (Å²) in [5.41, 5.74) is 6.23. The van der Waals surface area contributed by atoms with Gasteiger partial charge in [0.25, 0.3) is 0 Å². The zero-order chi connectivity index (χ0) is 11.5. The topological polar surface area (TPSA) is 63.3 Å². The first-order valence-corrected chi connectivity index (χ1v) is 5.14. The van der Waals surface area contributed by atoms with E-state index in [9.17, 15) is 4.79 Å². The second-order valence-corrected chi connectivity index (χ2v) is 3.73. The van der Waals surface area contributed by atoms with Crippen LogP contribution in [0.25, 0.3) is 10.8 Å². The lowest BCUT2D eigenvalue weighted by Gasteiger charge is -2.10. The molecule has 0 fully saturated rings. The molecule has 0 unspecified atom stereocenters. The number of carbonyl (C=O) groups is 1. The standard InChI is InChI=1S/C13H13NO2/c14-8-12(13(15)16)11-6-5-9-3-1-2-4-10(9)7-11/h1-7,12H,8,14H2,(H,15,16)/t12-/m1/s1. The highest BCUT2D eigenvalue weighted by atomic mass is 16.4. The van der Waals surface area contributed by atoms with Gasteiger partial charge in [-0.3, -0.25) is 4.79 Å². The van der Waals surface area contributed by atoms with Gasteiger partial charge in [-0.05, 0) is 16.3 Å². The fourth-order valence-corrected chi connectivity index (χ4v) is 1.80. The van der Waals surface area contributed by atoms with Gasteiger partial charge in [0.1, 0.15) is 0 Å². The van der Waals surface area contributed by atoms with Crippen molar-refractivity contribution in [1.82, 2.24) is 0 Å². The predicted octanol–water partition coefficient (Wildman–Crippen LogP) is 1.97. The third-order valence-corrected chi connectivity index (χ3v) is 2.71. The number of benzene rings is 2. The number of carboxylic acids is 1. The number of rotatable bonds is 3. The molecule has 1 atom stereocenters. The van der Waals surface area contributed by atoms with E-state index in [4.69, 9.17) is 10.8 Å². The van der Waals surface area contributed by atoms with Gasteiger partial charge in [-0.15, -0.1) is 0 Å². The molecule has 3 N–H and O–H groups in total. The van der Waals surface area contributed by atoms with Crippen LogP contribution in [-0.2, 0) is 4.79 Å². The minimum Gasteiger partial charge on any atom is -0.481 e. The number of hydrogen-bond acceptors (Lipinski definition) is 2. The molecule has 0 radical (unpaired) electrons. The summed E-state index contributed by atoms with van der Waals surface area (Å²) in [4.78, 5) is 11.0. The lowest BCUT2D eigenvalue weighted by atomic mass is 9.96. The molecule has 16 heavy (non-hydrogen) atoms. The zero-order valence-electron chi connectivity index (χ0n) is 8.76. The molecular formula is C13H13NO2. The lowest BCUT2D eigenvalue weighted by molar-refractivity contribution is -0.138. The molecule has 0 amide bonds. The first-order chi connectivity index (χ1) is 7.72. The van der Waals surface area contributed by atoms with Crippen molar-refractivity contribution in [3.05, 3.63) is 48.0 Å². The fraction of sp³-hybridized carbons (Fsp3) is 0.154. The van der Waals surface area contributed by atoms with Gasteiger partial charge in [0.05, 0.1) is 5.92 Å². The number of nitrogens with two attached hydrogens (primary N) is 1. The van der Waals surface area contributed by atoms with Crippen molar-refractivity contribution in [2.45, 2.75) is 5.92 Å². The van der Waals surface area contributed by atoms with Crippen molar-refractivity contribution in [3.8, 4) is 0 Å². The van der Waals surface area contributed by atoms with Gasteiger partial charge in [0.2, 0.25) is 0 Å². The third kappa shape index (κ3) is 1.90. The van der Waals surface area contributed by atoms with Gasteiger partial charge >= 0.3 is 5.97 Å². The van der Waals surface area contributed by atoms with Crippen LogP contribution in [0.4, 0.5) is 0 Å². The second-order valence-electron chi connectivity index (χ2n) is 3.73. The van der Waals surface area contributed by atoms with Gasteiger partial charge < -0.3 is 10.8 Å². The Bertz CT molecular complexity index is 522. The van der Waals surface area contributed by atoms with Gasteiger partial charge in [0.15, 0.2) is 0 Å². The fourth-order valence-electron chi connectivity index (χ4n) is 1.80. The summed E-state index contributed by atoms with van der Waals surface area (Å²) in [6.45, 7) is 0.119. The zero-order valence-corrected chi connectivity index (χ0v) is 8.76. The molecule has 2 rings (SSSR count). The van der Waals surface area contributed by atoms with Crippen LogP contribution in [0.15, 0.2) is 42.5 Å². The summed E-state index contributed by atoms with van der Waals surface area (Å²) in [5.74, 6) is -1.50. The smallest absolute Gasteiger partial charge is 0.312 e. The molecular weight excluding hydrogens is 202 g/mol. The summed E-state index contributed by atoms with van der Waals surface area (Å²) in [7, 11) is 0. The Kier molecular flexibility index (Phi) is 2.88. The predicted molar refractivity (Wildman–Crippen MR) is 63.4 cm³/mol. The van der Waals surface area contributed by atoms with Gasteiger partial charge in [-0.2, -0.15) is 0 Å². The molecule has 2 aromatic rings. The average molecular weight is 215 g/mol. The van der Waals surface area contributed by atoms with E-state index in [0.29, 0.717) is 0 Å². The number of fused-ring (bicyclic) bond motifs is 1. The molecule has 0 saturated heterocycles. The van der Waals surface area contributed by atoms with Crippen LogP contribution in [0.5, 0.6) is 0 Å². The Balaban J connectivity index is 2.49. The van der Waals surface area contributed by atoms with Crippen LogP contribution in [0.2, 0.25) is 0 Å². The Hall–Kier alpha value is -1.87. The quantitative estimate of drug-likeness (QED) is 0.822. The third-order valence-electron chi connectivity index (χ3n) is 2.71. The summed E-state index contributed by atoms with van der Waals surface area (Å²) in [6, 6.07) is 13.5. The van der Waals surface area contributed by atoms with E-state index in [2.05, 4.69) is 0 Å². The van der Waals surface area contributed by atoms with Gasteiger partial charge in [-0.25, -0.2) is 0 Å². The molecule has 0 saturated carbocycles. The number of carboxylic acid groups (broad SMARTS) is 1. The van der Waals surface area contributed by atoms with E-state index >= 15 is 0 Å². The van der Waals surface area contributed by atoms with Crippen LogP contribution < -0.4 is 5.73 Å². The monoisotopic (exact) mass is 215 g/mol. The normalized spacial score (nSPS) is 12.6. The first-order valence-electron chi connectivity index (χ1n) is 5.14. The largest absolute Gasteiger partial charge is 0.481 e. The van der Waals surface area contributed by atoms with Gasteiger partial charge in [0, 0.05) is 6.54 Å². The van der Waals surface area contributed by atoms with E-state index in [1.54, 1.807) is 0 Å². The molecule has 3 nitrogen and oxygen atoms in total. The highest BCUT2D eigenvalue weighted by molar-refractivity contribution is 5.85. The molecule has 0 aromatic heterocycles. The lowest BCUT2D eigenvalue weighted by Crippen LogP contribution is -2.20. The van der Waals surface area contributed by atoms with Crippen LogP contribution in [-0.4, -0.2) is 17.6 Å². The molecule has 0 heterocycles. The van der Waals surface area contributed by atoms with Crippen molar-refractivity contribution in [2.24, 2.45) is 5.73 Å². The highest BCUT2D eigenvalue weighted by Gasteiger charge is 2.17. The van der Waals surface area contributed by atoms with Crippen molar-refractivity contribution >= 4 is 16.7 Å². The van der Waals surface area contributed by atoms with Crippen LogP contribution in [0.3, 0.4) is 0 Å². The van der Waals surface area contributed by atoms with Crippen LogP contribution in [0, 0.1) is 0 Å². The molecule has 3 heteroatoms. The summed E-state index contributed by atoms with van der Waals surface area (Å²) in [6.07, 6.45) is 0. The van der Waals surface area contributed by atoms with Crippen LogP contribution in [0.1, 0.15) is 11.5 Å². The van der Waals surface area contributed by atoms with E-state index in [1.165, 1.54) is 0 Å². The number of aliphatic carboxylic acids is 1. The van der Waals surface area contributed by atoms with Crippen molar-refractivity contribution in [3.63, 3.8) is 0 Å². The summed E-state index contributed by atoms with van der Waals surface area (Å²) in [5, 5.41) is 11.2. The molecule has 2 aromatic carbocycles. The SMILES string of the molecule is NC[C@@H](C(=O)O)c1ccc2ccccc2c1. The van der Waals surface area contributed by atoms with Gasteiger partial charge in [-0.1, -0.05) is 42.5 Å². The molecule has 0 spiro atoms. The molecule has 0 aliphatic heterocycles. The molecule has 0 bridgehead atoms. The van der Waals surface area contributed by atoms with Crippen LogP contribution >= 0.6 is 0 Å². The maximum Gasteiger partial charge on any atom is 0.312 e. The summed E-state index contributed by atoms with van der Waals surface area (Å²) >= 11 is 0. The maximum atomic E-state index is 11.0. The minimum atomic E-state index is -0.877. The van der Waals surface area contributed by atoms with E-state index < -0.39 is 11.9 Å². The molecule has 0 aliphatic carbocycles. The van der Waals surface area contributed by atoms with Crippen molar-refractivity contribution in [2.75, 3.05) is 6.54 Å².